The number of carbonyl (C=O) groups excluding carboxylic acids is 2. The van der Waals surface area contributed by atoms with E-state index >= 15 is 0 Å². The number of hydrogen-bond acceptors (Lipinski definition) is 9. The lowest BCUT2D eigenvalue weighted by Gasteiger charge is -2.32. The number of benzene rings is 1. The first-order valence-electron chi connectivity index (χ1n) is 7.95. The number of carbonyl (C=O) groups is 2. The third-order valence-corrected chi connectivity index (χ3v) is 5.02. The number of nitrogens with zero attached hydrogens (tertiary/aromatic N) is 1. The van der Waals surface area contributed by atoms with Crippen LogP contribution in [0.3, 0.4) is 0 Å². The van der Waals surface area contributed by atoms with Crippen molar-refractivity contribution in [3.8, 4) is 5.75 Å². The fourth-order valence-corrected chi connectivity index (χ4v) is 3.71. The van der Waals surface area contributed by atoms with Crippen LogP contribution in [0.1, 0.15) is 13.3 Å². The minimum absolute atomic E-state index is 0.0171. The number of hydrogen-bond donors (Lipinski definition) is 1. The summed E-state index contributed by atoms with van der Waals surface area (Å²) in [5.41, 5.74) is -0.164. The van der Waals surface area contributed by atoms with Crippen LogP contribution in [-0.4, -0.2) is 43.2 Å². The summed E-state index contributed by atoms with van der Waals surface area (Å²) in [5, 5.41) is 13.2. The molecule has 27 heavy (non-hydrogen) atoms. The Morgan fingerprint density at radius 3 is 2.63 bits per heavy atom. The third-order valence-electron chi connectivity index (χ3n) is 3.63. The molecule has 1 fully saturated rings. The normalized spacial score (nSPS) is 24.7. The van der Waals surface area contributed by atoms with E-state index in [4.69, 9.17) is 13.6 Å². The lowest BCUT2D eigenvalue weighted by Crippen LogP contribution is -2.44. The van der Waals surface area contributed by atoms with Gasteiger partial charge in [0.15, 0.2) is 6.10 Å². The van der Waals surface area contributed by atoms with Gasteiger partial charge in [0.1, 0.15) is 5.75 Å². The first-order chi connectivity index (χ1) is 12.7. The Labute approximate surface area is 154 Å². The Balaban J connectivity index is 1.99. The predicted molar refractivity (Wildman–Crippen MR) is 91.0 cm³/mol. The highest BCUT2D eigenvalue weighted by Crippen LogP contribution is 2.54. The second-order valence-corrected chi connectivity index (χ2v) is 7.25. The summed E-state index contributed by atoms with van der Waals surface area (Å²) in [4.78, 5) is 33.4. The molecule has 2 unspecified atom stereocenters. The summed E-state index contributed by atoms with van der Waals surface area (Å²) >= 11 is 0. The third kappa shape index (κ3) is 5.75. The van der Waals surface area contributed by atoms with Crippen molar-refractivity contribution in [2.24, 2.45) is 5.92 Å². The Hall–Kier alpha value is -2.49. The van der Waals surface area contributed by atoms with Gasteiger partial charge in [-0.2, -0.15) is 0 Å². The maximum absolute atomic E-state index is 12.7. The van der Waals surface area contributed by atoms with E-state index in [0.29, 0.717) is 0 Å². The number of esters is 1. The number of non-ortho nitro benzene ring substituents is 1. The van der Waals surface area contributed by atoms with E-state index in [1.54, 1.807) is 6.92 Å². The van der Waals surface area contributed by atoms with E-state index in [9.17, 15) is 24.3 Å². The number of rotatable bonds is 7. The molecule has 0 saturated carbocycles. The second-order valence-electron chi connectivity index (χ2n) is 5.71. The molecule has 1 aliphatic rings. The van der Waals surface area contributed by atoms with Crippen molar-refractivity contribution in [2.45, 2.75) is 19.4 Å². The van der Waals surface area contributed by atoms with Gasteiger partial charge in [-0.1, -0.05) is 6.92 Å². The maximum Gasteiger partial charge on any atom is 0.530 e. The minimum Gasteiger partial charge on any atom is -0.469 e. The van der Waals surface area contributed by atoms with Crippen LogP contribution in [0.25, 0.3) is 0 Å². The van der Waals surface area contributed by atoms with Gasteiger partial charge in [-0.25, -0.2) is 4.57 Å². The summed E-state index contributed by atoms with van der Waals surface area (Å²) in [6.45, 7) is 1.64. The molecule has 0 spiro atoms. The zero-order valence-corrected chi connectivity index (χ0v) is 15.5. The van der Waals surface area contributed by atoms with Gasteiger partial charge >= 0.3 is 13.8 Å². The second kappa shape index (κ2) is 8.94. The maximum atomic E-state index is 12.7. The molecule has 1 N–H and O–H groups in total. The molecule has 148 valence electrons. The van der Waals surface area contributed by atoms with Crippen molar-refractivity contribution >= 4 is 25.4 Å². The van der Waals surface area contributed by atoms with E-state index in [-0.39, 0.29) is 31.0 Å². The Kier molecular flexibility index (Phi) is 6.89. The number of nitrogens with one attached hydrogen (secondary N) is 1. The molecule has 11 nitrogen and oxygen atoms in total. The van der Waals surface area contributed by atoms with Crippen LogP contribution in [0.2, 0.25) is 0 Å². The number of nitro groups is 1. The number of ether oxygens (including phenoxy) is 1. The molecule has 1 heterocycles. The highest BCUT2D eigenvalue weighted by atomic mass is 31.2. The SMILES string of the molecule is COC(=O)CCNC(=O)[C@@H]1OP(=O)(Oc2ccc([N+](=O)[O-])cc2)OCC1C. The van der Waals surface area contributed by atoms with E-state index in [1.807, 2.05) is 0 Å². The van der Waals surface area contributed by atoms with Gasteiger partial charge in [0.05, 0.1) is 25.1 Å². The van der Waals surface area contributed by atoms with E-state index in [2.05, 4.69) is 10.1 Å². The Morgan fingerprint density at radius 1 is 1.37 bits per heavy atom. The number of nitro benzene ring substituents is 1. The van der Waals surface area contributed by atoms with E-state index in [0.717, 1.165) is 0 Å². The van der Waals surface area contributed by atoms with Gasteiger partial charge in [-0.3, -0.25) is 28.8 Å². The van der Waals surface area contributed by atoms with Gasteiger partial charge in [0, 0.05) is 24.6 Å². The smallest absolute Gasteiger partial charge is 0.469 e. The molecular weight excluding hydrogens is 383 g/mol. The lowest BCUT2D eigenvalue weighted by atomic mass is 10.1. The van der Waals surface area contributed by atoms with E-state index in [1.165, 1.54) is 31.4 Å². The average molecular weight is 402 g/mol. The van der Waals surface area contributed by atoms with Crippen LogP contribution in [0.4, 0.5) is 5.69 Å². The first kappa shape index (κ1) is 20.8. The van der Waals surface area contributed by atoms with Crippen molar-refractivity contribution in [3.05, 3.63) is 34.4 Å². The highest BCUT2D eigenvalue weighted by Gasteiger charge is 2.43. The Morgan fingerprint density at radius 2 is 2.04 bits per heavy atom. The van der Waals surface area contributed by atoms with Crippen LogP contribution in [-0.2, 0) is 27.9 Å². The first-order valence-corrected chi connectivity index (χ1v) is 9.41. The molecule has 0 aromatic heterocycles. The largest absolute Gasteiger partial charge is 0.530 e. The molecule has 1 aromatic rings. The van der Waals surface area contributed by atoms with Crippen molar-refractivity contribution in [2.75, 3.05) is 20.3 Å². The molecular formula is C15H19N2O9P. The van der Waals surface area contributed by atoms with Gasteiger partial charge in [-0.15, -0.1) is 0 Å². The molecule has 1 aromatic carbocycles. The number of amides is 1. The molecule has 0 radical (unpaired) electrons. The average Bonchev–Trinajstić information content (AvgIpc) is 2.64. The van der Waals surface area contributed by atoms with Crippen LogP contribution < -0.4 is 9.84 Å². The van der Waals surface area contributed by atoms with Gasteiger partial charge < -0.3 is 14.6 Å². The molecule has 1 saturated heterocycles. The topological polar surface area (TPSA) is 143 Å². The molecule has 2 rings (SSSR count). The van der Waals surface area contributed by atoms with Gasteiger partial charge in [0.25, 0.3) is 5.69 Å². The fraction of sp³-hybridized carbons (Fsp3) is 0.467. The van der Waals surface area contributed by atoms with Crippen LogP contribution >= 0.6 is 7.82 Å². The summed E-state index contributed by atoms with van der Waals surface area (Å²) in [7, 11) is -2.87. The Bertz CT molecular complexity index is 752. The van der Waals surface area contributed by atoms with Crippen molar-refractivity contribution in [3.63, 3.8) is 0 Å². The van der Waals surface area contributed by atoms with Crippen LogP contribution in [0.15, 0.2) is 24.3 Å². The summed E-state index contributed by atoms with van der Waals surface area (Å²) in [6, 6.07) is 4.83. The lowest BCUT2D eigenvalue weighted by molar-refractivity contribution is -0.384. The summed E-state index contributed by atoms with van der Waals surface area (Å²) in [5.74, 6) is -1.43. The zero-order chi connectivity index (χ0) is 20.0. The molecule has 3 atom stereocenters. The van der Waals surface area contributed by atoms with Crippen molar-refractivity contribution in [1.82, 2.24) is 5.32 Å². The molecule has 0 bridgehead atoms. The van der Waals surface area contributed by atoms with Crippen LogP contribution in [0, 0.1) is 16.0 Å². The molecule has 12 heteroatoms. The number of phosphoric acid groups is 1. The molecule has 0 aliphatic carbocycles. The molecule has 1 aliphatic heterocycles. The summed E-state index contributed by atoms with van der Waals surface area (Å²) < 4.78 is 32.7. The van der Waals surface area contributed by atoms with E-state index < -0.39 is 36.6 Å². The van der Waals surface area contributed by atoms with Gasteiger partial charge in [0.2, 0.25) is 5.91 Å². The van der Waals surface area contributed by atoms with Crippen molar-refractivity contribution < 1.29 is 37.4 Å². The zero-order valence-electron chi connectivity index (χ0n) is 14.7. The predicted octanol–water partition coefficient (Wildman–Crippen LogP) is 1.81. The monoisotopic (exact) mass is 402 g/mol. The quantitative estimate of drug-likeness (QED) is 0.312. The molecule has 1 amide bonds. The number of methoxy groups -OCH3 is 1. The summed E-state index contributed by atoms with van der Waals surface area (Å²) in [6.07, 6.45) is -1.13. The standard InChI is InChI=1S/C15H19N2O9P/c1-10-9-24-27(22,25-12-5-3-11(4-6-12)17(20)21)26-14(10)15(19)16-8-7-13(18)23-2/h3-6,10,14H,7-9H2,1-2H3,(H,16,19)/t10?,14-,27?/m1/s1. The highest BCUT2D eigenvalue weighted by molar-refractivity contribution is 7.49. The van der Waals surface area contributed by atoms with Crippen molar-refractivity contribution in [1.29, 1.82) is 0 Å². The van der Waals surface area contributed by atoms with Crippen LogP contribution in [0.5, 0.6) is 5.75 Å². The number of phosphoric ester groups is 1. The fourth-order valence-electron chi connectivity index (χ4n) is 2.17. The van der Waals surface area contributed by atoms with Gasteiger partial charge in [-0.05, 0) is 12.1 Å². The minimum atomic E-state index is -4.10.